The summed E-state index contributed by atoms with van der Waals surface area (Å²) in [5.41, 5.74) is 1.44. The first-order chi connectivity index (χ1) is 8.38. The molecular formula is C14H24N4. The molecule has 0 fully saturated rings. The lowest BCUT2D eigenvalue weighted by Gasteiger charge is -2.25. The minimum atomic E-state index is 0.590. The summed E-state index contributed by atoms with van der Waals surface area (Å²) >= 11 is 0. The Labute approximate surface area is 110 Å². The third-order valence-electron chi connectivity index (χ3n) is 3.55. The molecule has 1 N–H and O–H groups in total. The topological polar surface area (TPSA) is 53.6 Å². The van der Waals surface area contributed by atoms with Gasteiger partial charge in [-0.25, -0.2) is 0 Å². The predicted molar refractivity (Wildman–Crippen MR) is 74.3 cm³/mol. The maximum atomic E-state index is 9.15. The number of aryl methyl sites for hydroxylation is 2. The normalized spacial score (nSPS) is 11.3. The molecule has 100 valence electrons. The van der Waals surface area contributed by atoms with Crippen molar-refractivity contribution in [2.45, 2.75) is 34.6 Å². The highest BCUT2D eigenvalue weighted by atomic mass is 15.3. The molecule has 1 heterocycles. The van der Waals surface area contributed by atoms with Gasteiger partial charge in [-0.05, 0) is 24.7 Å². The number of hydrogen-bond donors (Lipinski definition) is 1. The van der Waals surface area contributed by atoms with E-state index in [2.05, 4.69) is 44.2 Å². The Morgan fingerprint density at radius 1 is 1.28 bits per heavy atom. The van der Waals surface area contributed by atoms with Gasteiger partial charge < -0.3 is 5.32 Å². The molecule has 18 heavy (non-hydrogen) atoms. The molecular weight excluding hydrogens is 224 g/mol. The van der Waals surface area contributed by atoms with Crippen LogP contribution in [0.15, 0.2) is 0 Å². The van der Waals surface area contributed by atoms with Gasteiger partial charge in [-0.2, -0.15) is 10.4 Å². The van der Waals surface area contributed by atoms with E-state index in [-0.39, 0.29) is 0 Å². The Balaban J connectivity index is 2.83. The zero-order valence-corrected chi connectivity index (χ0v) is 12.3. The average molecular weight is 248 g/mol. The second-order valence-corrected chi connectivity index (χ2v) is 5.58. The minimum absolute atomic E-state index is 0.590. The summed E-state index contributed by atoms with van der Waals surface area (Å²) in [6, 6.07) is 2.22. The molecule has 1 rings (SSSR count). The van der Waals surface area contributed by atoms with Crippen LogP contribution in [0.4, 0.5) is 5.82 Å². The summed E-state index contributed by atoms with van der Waals surface area (Å²) in [4.78, 5) is 0. The molecule has 0 saturated carbocycles. The zero-order valence-electron chi connectivity index (χ0n) is 12.3. The second-order valence-electron chi connectivity index (χ2n) is 5.58. The van der Waals surface area contributed by atoms with Crippen LogP contribution in [0.2, 0.25) is 0 Å². The summed E-state index contributed by atoms with van der Waals surface area (Å²) < 4.78 is 1.76. The van der Waals surface area contributed by atoms with E-state index in [0.29, 0.717) is 23.3 Å². The van der Waals surface area contributed by atoms with Crippen molar-refractivity contribution in [1.29, 1.82) is 5.26 Å². The van der Waals surface area contributed by atoms with Gasteiger partial charge in [0.15, 0.2) is 0 Å². The molecule has 0 unspecified atom stereocenters. The van der Waals surface area contributed by atoms with E-state index >= 15 is 0 Å². The molecule has 0 atom stereocenters. The van der Waals surface area contributed by atoms with Gasteiger partial charge in [0.1, 0.15) is 17.5 Å². The van der Waals surface area contributed by atoms with Gasteiger partial charge in [-0.15, -0.1) is 0 Å². The Bertz CT molecular complexity index is 429. The standard InChI is InChI=1S/C14H24N4/c1-9(2)13(10(3)4)8-16-14-12(7-15)11(5)17-18(14)6/h9-10,13,16H,8H2,1-6H3. The fraction of sp³-hybridized carbons (Fsp3) is 0.714. The van der Waals surface area contributed by atoms with Gasteiger partial charge in [0, 0.05) is 13.6 Å². The van der Waals surface area contributed by atoms with E-state index in [1.165, 1.54) is 0 Å². The highest BCUT2D eigenvalue weighted by molar-refractivity contribution is 5.54. The van der Waals surface area contributed by atoms with Gasteiger partial charge in [-0.3, -0.25) is 4.68 Å². The molecule has 0 bridgehead atoms. The number of nitrogens with one attached hydrogen (secondary N) is 1. The Kier molecular flexibility index (Phi) is 4.77. The van der Waals surface area contributed by atoms with Crippen molar-refractivity contribution in [3.8, 4) is 6.07 Å². The minimum Gasteiger partial charge on any atom is -0.369 e. The van der Waals surface area contributed by atoms with Crippen LogP contribution in [0, 0.1) is 36.0 Å². The highest BCUT2D eigenvalue weighted by Crippen LogP contribution is 2.23. The number of nitriles is 1. The summed E-state index contributed by atoms with van der Waals surface area (Å²) in [5.74, 6) is 2.67. The number of nitrogens with zero attached hydrogens (tertiary/aromatic N) is 3. The summed E-state index contributed by atoms with van der Waals surface area (Å²) in [6.45, 7) is 11.7. The lowest BCUT2D eigenvalue weighted by Crippen LogP contribution is -2.25. The molecule has 0 spiro atoms. The fourth-order valence-corrected chi connectivity index (χ4v) is 2.45. The molecule has 0 saturated heterocycles. The van der Waals surface area contributed by atoms with E-state index in [0.717, 1.165) is 18.1 Å². The zero-order chi connectivity index (χ0) is 13.9. The Morgan fingerprint density at radius 2 is 1.83 bits per heavy atom. The molecule has 4 heteroatoms. The molecule has 4 nitrogen and oxygen atoms in total. The van der Waals surface area contributed by atoms with Crippen LogP contribution in [-0.4, -0.2) is 16.3 Å². The van der Waals surface area contributed by atoms with E-state index in [9.17, 15) is 0 Å². The molecule has 0 aliphatic heterocycles. The number of aromatic nitrogens is 2. The largest absolute Gasteiger partial charge is 0.369 e. The number of anilines is 1. The van der Waals surface area contributed by atoms with E-state index < -0.39 is 0 Å². The smallest absolute Gasteiger partial charge is 0.142 e. The van der Waals surface area contributed by atoms with Crippen LogP contribution in [0.3, 0.4) is 0 Å². The van der Waals surface area contributed by atoms with E-state index in [1.54, 1.807) is 4.68 Å². The van der Waals surface area contributed by atoms with Crippen LogP contribution in [0.1, 0.15) is 39.0 Å². The van der Waals surface area contributed by atoms with Crippen LogP contribution >= 0.6 is 0 Å². The highest BCUT2D eigenvalue weighted by Gasteiger charge is 2.19. The van der Waals surface area contributed by atoms with Gasteiger partial charge >= 0.3 is 0 Å². The summed E-state index contributed by atoms with van der Waals surface area (Å²) in [6.07, 6.45) is 0. The van der Waals surface area contributed by atoms with Crippen molar-refractivity contribution in [3.05, 3.63) is 11.3 Å². The molecule has 0 aromatic carbocycles. The molecule has 0 aliphatic rings. The summed E-state index contributed by atoms with van der Waals surface area (Å²) in [5, 5.41) is 16.8. The lowest BCUT2D eigenvalue weighted by atomic mass is 9.85. The quantitative estimate of drug-likeness (QED) is 0.871. The first-order valence-corrected chi connectivity index (χ1v) is 6.56. The average Bonchev–Trinajstić information content (AvgIpc) is 2.52. The predicted octanol–water partition coefficient (Wildman–Crippen LogP) is 2.94. The first kappa shape index (κ1) is 14.6. The SMILES string of the molecule is Cc1nn(C)c(NCC(C(C)C)C(C)C)c1C#N. The maximum absolute atomic E-state index is 9.15. The van der Waals surface area contributed by atoms with Crippen molar-refractivity contribution >= 4 is 5.82 Å². The molecule has 0 amide bonds. The molecule has 0 radical (unpaired) electrons. The van der Waals surface area contributed by atoms with Crippen molar-refractivity contribution < 1.29 is 0 Å². The number of hydrogen-bond acceptors (Lipinski definition) is 3. The van der Waals surface area contributed by atoms with Crippen LogP contribution in [-0.2, 0) is 7.05 Å². The van der Waals surface area contributed by atoms with Gasteiger partial charge in [0.25, 0.3) is 0 Å². The van der Waals surface area contributed by atoms with Crippen molar-refractivity contribution in [3.63, 3.8) is 0 Å². The van der Waals surface area contributed by atoms with Gasteiger partial charge in [-0.1, -0.05) is 27.7 Å². The van der Waals surface area contributed by atoms with E-state index in [4.69, 9.17) is 5.26 Å². The van der Waals surface area contributed by atoms with Gasteiger partial charge in [0.2, 0.25) is 0 Å². The molecule has 1 aromatic rings. The van der Waals surface area contributed by atoms with Crippen molar-refractivity contribution in [2.24, 2.45) is 24.8 Å². The second kappa shape index (κ2) is 5.90. The molecule has 0 aliphatic carbocycles. The van der Waals surface area contributed by atoms with Crippen molar-refractivity contribution in [1.82, 2.24) is 9.78 Å². The lowest BCUT2D eigenvalue weighted by molar-refractivity contribution is 0.304. The van der Waals surface area contributed by atoms with Crippen molar-refractivity contribution in [2.75, 3.05) is 11.9 Å². The van der Waals surface area contributed by atoms with Crippen LogP contribution < -0.4 is 5.32 Å². The Morgan fingerprint density at radius 3 is 2.28 bits per heavy atom. The Hall–Kier alpha value is -1.50. The first-order valence-electron chi connectivity index (χ1n) is 6.56. The number of rotatable bonds is 5. The fourth-order valence-electron chi connectivity index (χ4n) is 2.45. The monoisotopic (exact) mass is 248 g/mol. The van der Waals surface area contributed by atoms with E-state index in [1.807, 2.05) is 14.0 Å². The third kappa shape index (κ3) is 3.04. The summed E-state index contributed by atoms with van der Waals surface area (Å²) in [7, 11) is 1.87. The third-order valence-corrected chi connectivity index (χ3v) is 3.55. The van der Waals surface area contributed by atoms with Gasteiger partial charge in [0.05, 0.1) is 5.69 Å². The van der Waals surface area contributed by atoms with Crippen LogP contribution in [0.5, 0.6) is 0 Å². The van der Waals surface area contributed by atoms with Crippen LogP contribution in [0.25, 0.3) is 0 Å². The molecule has 1 aromatic heterocycles. The maximum Gasteiger partial charge on any atom is 0.142 e.